The van der Waals surface area contributed by atoms with Gasteiger partial charge in [-0.3, -0.25) is 14.4 Å². The van der Waals surface area contributed by atoms with Crippen LogP contribution < -0.4 is 10.1 Å². The molecule has 2 aromatic rings. The Labute approximate surface area is 208 Å². The van der Waals surface area contributed by atoms with Crippen LogP contribution in [0.25, 0.3) is 10.8 Å². The first-order valence-corrected chi connectivity index (χ1v) is 12.0. The number of fused-ring (bicyclic) bond motifs is 1. The third-order valence-electron chi connectivity index (χ3n) is 5.32. The van der Waals surface area contributed by atoms with Gasteiger partial charge in [-0.1, -0.05) is 36.0 Å². The van der Waals surface area contributed by atoms with Gasteiger partial charge < -0.3 is 25.2 Å². The molecule has 0 radical (unpaired) electrons. The quantitative estimate of drug-likeness (QED) is 0.325. The van der Waals surface area contributed by atoms with Gasteiger partial charge in [0, 0.05) is 5.75 Å². The summed E-state index contributed by atoms with van der Waals surface area (Å²) in [6, 6.07) is 10.2. The summed E-state index contributed by atoms with van der Waals surface area (Å²) in [4.78, 5) is 42.5. The number of amides is 1. The average Bonchev–Trinajstić information content (AvgIpc) is 2.83. The summed E-state index contributed by atoms with van der Waals surface area (Å²) in [5.74, 6) is -0.964. The van der Waals surface area contributed by atoms with Crippen molar-refractivity contribution in [3.05, 3.63) is 47.2 Å². The van der Waals surface area contributed by atoms with Crippen molar-refractivity contribution in [3.8, 4) is 5.75 Å². The van der Waals surface area contributed by atoms with E-state index in [2.05, 4.69) is 10.2 Å². The number of carbonyl (C=O) groups is 3. The van der Waals surface area contributed by atoms with Crippen molar-refractivity contribution in [2.75, 3.05) is 26.1 Å². The van der Waals surface area contributed by atoms with E-state index in [0.29, 0.717) is 0 Å². The Morgan fingerprint density at radius 1 is 1.17 bits per heavy atom. The molecule has 10 nitrogen and oxygen atoms in total. The number of hydrogen-bond donors (Lipinski definition) is 2. The summed E-state index contributed by atoms with van der Waals surface area (Å²) < 4.78 is 10.3. The van der Waals surface area contributed by atoms with Crippen LogP contribution in [0.3, 0.4) is 0 Å². The van der Waals surface area contributed by atoms with Crippen LogP contribution in [0.4, 0.5) is 0 Å². The molecule has 192 valence electrons. The van der Waals surface area contributed by atoms with E-state index in [-0.39, 0.29) is 24.1 Å². The minimum absolute atomic E-state index is 0.0721. The number of methoxy groups -OCH3 is 1. The van der Waals surface area contributed by atoms with E-state index >= 15 is 0 Å². The largest absolute Gasteiger partial charge is 0.738 e. The number of carbonyl (C=O) groups excluding carboxylic acids is 3. The molecular formula is C24H31N2O8S-. The third-order valence-corrected chi connectivity index (χ3v) is 6.64. The Morgan fingerprint density at radius 2 is 1.83 bits per heavy atom. The van der Waals surface area contributed by atoms with Crippen LogP contribution in [0.15, 0.2) is 36.4 Å². The van der Waals surface area contributed by atoms with Crippen LogP contribution in [-0.4, -0.2) is 59.7 Å². The van der Waals surface area contributed by atoms with E-state index in [0.717, 1.165) is 33.8 Å². The van der Waals surface area contributed by atoms with Gasteiger partial charge in [0.15, 0.2) is 5.12 Å². The van der Waals surface area contributed by atoms with E-state index in [4.69, 9.17) is 14.7 Å². The molecule has 35 heavy (non-hydrogen) atoms. The second-order valence-corrected chi connectivity index (χ2v) is 9.49. The molecule has 0 aliphatic heterocycles. The molecule has 0 spiro atoms. The van der Waals surface area contributed by atoms with Gasteiger partial charge in [-0.2, -0.15) is 0 Å². The molecule has 0 fully saturated rings. The predicted octanol–water partition coefficient (Wildman–Crippen LogP) is 3.41. The Morgan fingerprint density at radius 3 is 2.46 bits per heavy atom. The normalized spacial score (nSPS) is 13.4. The Balaban J connectivity index is 2.10. The summed E-state index contributed by atoms with van der Waals surface area (Å²) in [6.45, 7) is 6.18. The lowest BCUT2D eigenvalue weighted by Gasteiger charge is -2.27. The van der Waals surface area contributed by atoms with Gasteiger partial charge in [0.1, 0.15) is 11.8 Å². The van der Waals surface area contributed by atoms with Crippen LogP contribution in [0.5, 0.6) is 5.75 Å². The number of esters is 1. The number of rotatable bonds is 12. The third kappa shape index (κ3) is 8.18. The van der Waals surface area contributed by atoms with E-state index < -0.39 is 34.6 Å². The number of nitrogens with zero attached hydrogens (tertiary/aromatic N) is 1. The van der Waals surface area contributed by atoms with E-state index in [9.17, 15) is 19.6 Å². The van der Waals surface area contributed by atoms with Crippen LogP contribution in [-0.2, 0) is 24.0 Å². The molecule has 2 atom stereocenters. The Bertz CT molecular complexity index is 1040. The molecule has 0 aliphatic carbocycles. The molecule has 0 heterocycles. The number of thioether (sulfide) groups is 1. The average molecular weight is 508 g/mol. The molecule has 0 aromatic heterocycles. The molecule has 0 saturated carbocycles. The zero-order valence-electron chi connectivity index (χ0n) is 20.4. The number of nitrogens with one attached hydrogen (secondary N) is 1. The standard InChI is InChI=1S/C24H31N2O8S/c1-6-33-22(28)20(13-35-23(29)24(3,4)14-34-26(30)31)25-21(27)15(2)16-7-8-18-12-19(32-5)10-9-17(18)11-16/h7-12,15,20,30H,6,13-14H2,1-5H3,(H,25,27)/q-1/t15-,20-/m0/s1. The van der Waals surface area contributed by atoms with Gasteiger partial charge >= 0.3 is 5.97 Å². The SMILES string of the molecule is CCOC(=O)[C@H](CSC(=O)C(C)(C)CON([O-])O)NC(=O)[C@@H](C)c1ccc2cc(OC)ccc2c1. The highest BCUT2D eigenvalue weighted by Crippen LogP contribution is 2.27. The van der Waals surface area contributed by atoms with Gasteiger partial charge in [0.25, 0.3) is 0 Å². The van der Waals surface area contributed by atoms with Gasteiger partial charge in [0.2, 0.25) is 5.91 Å². The van der Waals surface area contributed by atoms with Gasteiger partial charge in [0.05, 0.1) is 31.7 Å². The fourth-order valence-corrected chi connectivity index (χ4v) is 4.12. The van der Waals surface area contributed by atoms with Crippen molar-refractivity contribution in [3.63, 3.8) is 0 Å². The van der Waals surface area contributed by atoms with Crippen LogP contribution in [0.1, 0.15) is 39.2 Å². The topological polar surface area (TPSA) is 137 Å². The number of hydrogen-bond acceptors (Lipinski definition) is 10. The molecule has 0 unspecified atom stereocenters. The van der Waals surface area contributed by atoms with Crippen LogP contribution in [0.2, 0.25) is 0 Å². The van der Waals surface area contributed by atoms with Crippen LogP contribution >= 0.6 is 11.8 Å². The maximum absolute atomic E-state index is 13.0. The van der Waals surface area contributed by atoms with E-state index in [1.165, 1.54) is 13.8 Å². The lowest BCUT2D eigenvalue weighted by atomic mass is 9.96. The molecule has 2 rings (SSSR count). The first kappa shape index (κ1) is 28.5. The maximum Gasteiger partial charge on any atom is 0.329 e. The summed E-state index contributed by atoms with van der Waals surface area (Å²) >= 11 is 0.804. The minimum atomic E-state index is -1.12. The lowest BCUT2D eigenvalue weighted by Crippen LogP contribution is -2.45. The van der Waals surface area contributed by atoms with Gasteiger partial charge in [-0.15, -0.1) is 5.39 Å². The molecule has 0 bridgehead atoms. The zero-order valence-corrected chi connectivity index (χ0v) is 21.2. The fourth-order valence-electron chi connectivity index (χ4n) is 3.13. The second kappa shape index (κ2) is 12.8. The first-order chi connectivity index (χ1) is 16.5. The van der Waals surface area contributed by atoms with Crippen molar-refractivity contribution in [2.24, 2.45) is 5.41 Å². The van der Waals surface area contributed by atoms with E-state index in [1.54, 1.807) is 21.0 Å². The van der Waals surface area contributed by atoms with E-state index in [1.807, 2.05) is 36.4 Å². The highest BCUT2D eigenvalue weighted by atomic mass is 32.2. The maximum atomic E-state index is 13.0. The molecule has 2 aromatic carbocycles. The Kier molecular flexibility index (Phi) is 10.5. The lowest BCUT2D eigenvalue weighted by molar-refractivity contribution is -0.313. The number of ether oxygens (including phenoxy) is 2. The summed E-state index contributed by atoms with van der Waals surface area (Å²) in [6.07, 6.45) is 0. The molecular weight excluding hydrogens is 476 g/mol. The predicted molar refractivity (Wildman–Crippen MR) is 132 cm³/mol. The monoisotopic (exact) mass is 507 g/mol. The highest BCUT2D eigenvalue weighted by Gasteiger charge is 2.32. The summed E-state index contributed by atoms with van der Waals surface area (Å²) in [5.41, 5.74) is -0.365. The molecule has 0 saturated heterocycles. The first-order valence-electron chi connectivity index (χ1n) is 11.0. The van der Waals surface area contributed by atoms with Crippen molar-refractivity contribution < 1.29 is 33.9 Å². The molecule has 1 amide bonds. The van der Waals surface area contributed by atoms with Crippen molar-refractivity contribution in [1.29, 1.82) is 0 Å². The Hall–Kier alpha value is -2.70. The minimum Gasteiger partial charge on any atom is -0.738 e. The summed E-state index contributed by atoms with van der Waals surface area (Å²) in [5, 5.41) is 22.6. The molecule has 0 aliphatic rings. The van der Waals surface area contributed by atoms with Crippen LogP contribution in [0, 0.1) is 10.6 Å². The zero-order chi connectivity index (χ0) is 26.2. The van der Waals surface area contributed by atoms with Crippen molar-refractivity contribution in [2.45, 2.75) is 39.7 Å². The summed E-state index contributed by atoms with van der Waals surface area (Å²) in [7, 11) is 1.59. The van der Waals surface area contributed by atoms with Crippen molar-refractivity contribution >= 4 is 39.5 Å². The van der Waals surface area contributed by atoms with Gasteiger partial charge in [-0.05, 0) is 56.2 Å². The van der Waals surface area contributed by atoms with Gasteiger partial charge in [-0.25, -0.2) is 4.79 Å². The fraction of sp³-hybridized carbons (Fsp3) is 0.458. The smallest absolute Gasteiger partial charge is 0.329 e. The number of benzene rings is 2. The second-order valence-electron chi connectivity index (χ2n) is 8.50. The molecule has 2 N–H and O–H groups in total. The van der Waals surface area contributed by atoms with Crippen molar-refractivity contribution in [1.82, 2.24) is 10.7 Å². The molecule has 11 heteroatoms. The highest BCUT2D eigenvalue weighted by molar-refractivity contribution is 8.13.